The number of hydrogen-bond donors (Lipinski definition) is 1. The Morgan fingerprint density at radius 1 is 1.00 bits per heavy atom. The van der Waals surface area contributed by atoms with Crippen LogP contribution in [-0.2, 0) is 9.53 Å². The third-order valence-corrected chi connectivity index (χ3v) is 6.55. The Morgan fingerprint density at radius 2 is 1.69 bits per heavy atom. The molecule has 2 heterocycles. The van der Waals surface area contributed by atoms with Crippen LogP contribution < -0.4 is 10.2 Å². The number of thiophene rings is 1. The lowest BCUT2D eigenvalue weighted by Crippen LogP contribution is -2.48. The Kier molecular flexibility index (Phi) is 6.87. The molecule has 6 nitrogen and oxygen atoms in total. The molecule has 1 N–H and O–H groups in total. The number of methoxy groups -OCH3 is 1. The van der Waals surface area contributed by atoms with Crippen molar-refractivity contribution in [2.75, 3.05) is 50.1 Å². The molecule has 4 rings (SSSR count). The number of anilines is 2. The molecule has 0 atom stereocenters. The minimum absolute atomic E-state index is 0.124. The number of esters is 1. The van der Waals surface area contributed by atoms with Gasteiger partial charge in [0.15, 0.2) is 0 Å². The molecular formula is C25H27N3O3S. The molecule has 0 saturated carbocycles. The highest BCUT2D eigenvalue weighted by Gasteiger charge is 2.24. The molecule has 32 heavy (non-hydrogen) atoms. The second kappa shape index (κ2) is 9.97. The minimum atomic E-state index is -0.450. The molecular weight excluding hydrogens is 422 g/mol. The lowest BCUT2D eigenvalue weighted by Gasteiger charge is -2.35. The van der Waals surface area contributed by atoms with Crippen LogP contribution in [0.3, 0.4) is 0 Å². The van der Waals surface area contributed by atoms with Gasteiger partial charge in [0.1, 0.15) is 10.6 Å². The van der Waals surface area contributed by atoms with E-state index in [0.717, 1.165) is 42.9 Å². The average Bonchev–Trinajstić information content (AvgIpc) is 3.23. The number of amides is 1. The van der Waals surface area contributed by atoms with Gasteiger partial charge in [-0.05, 0) is 24.6 Å². The molecule has 0 spiro atoms. The molecule has 0 radical (unpaired) electrons. The fraction of sp³-hybridized carbons (Fsp3) is 0.280. The highest BCUT2D eigenvalue weighted by Crippen LogP contribution is 2.36. The quantitative estimate of drug-likeness (QED) is 0.570. The molecule has 1 aliphatic heterocycles. The predicted molar refractivity (Wildman–Crippen MR) is 130 cm³/mol. The van der Waals surface area contributed by atoms with E-state index in [0.29, 0.717) is 17.1 Å². The van der Waals surface area contributed by atoms with Gasteiger partial charge in [0.2, 0.25) is 5.91 Å². The lowest BCUT2D eigenvalue weighted by atomic mass is 10.0. The number of aryl methyl sites for hydroxylation is 1. The number of nitrogens with one attached hydrogen (secondary N) is 1. The zero-order chi connectivity index (χ0) is 22.5. The summed E-state index contributed by atoms with van der Waals surface area (Å²) in [4.78, 5) is 29.8. The van der Waals surface area contributed by atoms with Crippen molar-refractivity contribution in [1.82, 2.24) is 4.90 Å². The normalized spacial score (nSPS) is 14.2. The van der Waals surface area contributed by atoms with Crippen molar-refractivity contribution >= 4 is 33.9 Å². The number of carbonyl (C=O) groups excluding carboxylic acids is 2. The lowest BCUT2D eigenvalue weighted by molar-refractivity contribution is -0.117. The van der Waals surface area contributed by atoms with Crippen LogP contribution in [0.1, 0.15) is 15.9 Å². The molecule has 1 amide bonds. The van der Waals surface area contributed by atoms with Crippen molar-refractivity contribution < 1.29 is 14.3 Å². The van der Waals surface area contributed by atoms with Crippen LogP contribution in [0.2, 0.25) is 0 Å². The van der Waals surface area contributed by atoms with E-state index in [2.05, 4.69) is 27.2 Å². The molecule has 0 aliphatic carbocycles. The molecule has 1 aliphatic rings. The molecule has 1 fully saturated rings. The van der Waals surface area contributed by atoms with Gasteiger partial charge in [-0.3, -0.25) is 9.69 Å². The van der Waals surface area contributed by atoms with Gasteiger partial charge < -0.3 is 15.0 Å². The number of hydrogen-bond acceptors (Lipinski definition) is 6. The summed E-state index contributed by atoms with van der Waals surface area (Å²) in [6.07, 6.45) is 0. The third kappa shape index (κ3) is 5.00. The van der Waals surface area contributed by atoms with Crippen LogP contribution in [0.25, 0.3) is 11.1 Å². The van der Waals surface area contributed by atoms with E-state index in [1.807, 2.05) is 54.8 Å². The van der Waals surface area contributed by atoms with Crippen LogP contribution >= 0.6 is 11.3 Å². The smallest absolute Gasteiger partial charge is 0.341 e. The van der Waals surface area contributed by atoms with Gasteiger partial charge in [-0.15, -0.1) is 11.3 Å². The Balaban J connectivity index is 1.41. The van der Waals surface area contributed by atoms with Crippen molar-refractivity contribution in [2.45, 2.75) is 6.92 Å². The average molecular weight is 450 g/mol. The molecule has 0 unspecified atom stereocenters. The Bertz CT molecular complexity index is 1070. The van der Waals surface area contributed by atoms with Gasteiger partial charge in [0, 0.05) is 42.8 Å². The largest absolute Gasteiger partial charge is 0.465 e. The first-order chi connectivity index (χ1) is 15.5. The number of para-hydroxylation sites is 1. The van der Waals surface area contributed by atoms with Gasteiger partial charge in [-0.1, -0.05) is 48.0 Å². The van der Waals surface area contributed by atoms with Crippen molar-refractivity contribution in [3.8, 4) is 11.1 Å². The molecule has 7 heteroatoms. The third-order valence-electron chi connectivity index (χ3n) is 5.66. The maximum atomic E-state index is 12.8. The zero-order valence-corrected chi connectivity index (χ0v) is 19.2. The van der Waals surface area contributed by atoms with Gasteiger partial charge in [-0.25, -0.2) is 4.79 Å². The maximum absolute atomic E-state index is 12.8. The zero-order valence-electron chi connectivity index (χ0n) is 18.3. The SMILES string of the molecule is COC(=O)c1c(-c2ccc(C)cc2)csc1NC(=O)CN1CCN(c2ccccc2)CC1. The summed E-state index contributed by atoms with van der Waals surface area (Å²) in [5.74, 6) is -0.575. The Hall–Kier alpha value is -3.16. The van der Waals surface area contributed by atoms with Crippen LogP contribution in [0, 0.1) is 6.92 Å². The minimum Gasteiger partial charge on any atom is -0.465 e. The summed E-state index contributed by atoms with van der Waals surface area (Å²) in [7, 11) is 1.36. The second-order valence-electron chi connectivity index (χ2n) is 7.86. The van der Waals surface area contributed by atoms with Crippen molar-refractivity contribution in [3.63, 3.8) is 0 Å². The first-order valence-electron chi connectivity index (χ1n) is 10.6. The molecule has 0 bridgehead atoms. The number of rotatable bonds is 6. The highest BCUT2D eigenvalue weighted by atomic mass is 32.1. The highest BCUT2D eigenvalue weighted by molar-refractivity contribution is 7.15. The summed E-state index contributed by atoms with van der Waals surface area (Å²) < 4.78 is 5.01. The number of carbonyl (C=O) groups is 2. The van der Waals surface area contributed by atoms with Gasteiger partial charge in [0.25, 0.3) is 0 Å². The summed E-state index contributed by atoms with van der Waals surface area (Å²) in [5, 5.41) is 5.36. The van der Waals surface area contributed by atoms with E-state index in [4.69, 9.17) is 4.74 Å². The molecule has 1 aromatic heterocycles. The Labute approximate surface area is 192 Å². The standard InChI is InChI=1S/C25H27N3O3S/c1-18-8-10-19(11-9-18)21-17-32-24(23(21)25(30)31-2)26-22(29)16-27-12-14-28(15-13-27)20-6-4-3-5-7-20/h3-11,17H,12-16H2,1-2H3,(H,26,29). The van der Waals surface area contributed by atoms with E-state index in [9.17, 15) is 9.59 Å². The van der Waals surface area contributed by atoms with Crippen LogP contribution in [0.5, 0.6) is 0 Å². The predicted octanol–water partition coefficient (Wildman–Crippen LogP) is 4.27. The molecule has 3 aromatic rings. The second-order valence-corrected chi connectivity index (χ2v) is 8.74. The van der Waals surface area contributed by atoms with Gasteiger partial charge in [0.05, 0.1) is 13.7 Å². The van der Waals surface area contributed by atoms with E-state index < -0.39 is 5.97 Å². The van der Waals surface area contributed by atoms with Crippen LogP contribution in [0.4, 0.5) is 10.7 Å². The van der Waals surface area contributed by atoms with Gasteiger partial charge in [-0.2, -0.15) is 0 Å². The van der Waals surface area contributed by atoms with Crippen molar-refractivity contribution in [2.24, 2.45) is 0 Å². The maximum Gasteiger partial charge on any atom is 0.341 e. The van der Waals surface area contributed by atoms with Crippen molar-refractivity contribution in [1.29, 1.82) is 0 Å². The van der Waals surface area contributed by atoms with E-state index in [1.165, 1.54) is 24.1 Å². The fourth-order valence-corrected chi connectivity index (χ4v) is 4.85. The Morgan fingerprint density at radius 3 is 2.34 bits per heavy atom. The number of nitrogens with zero attached hydrogens (tertiary/aromatic N) is 2. The number of ether oxygens (including phenoxy) is 1. The monoisotopic (exact) mass is 449 g/mol. The molecule has 2 aromatic carbocycles. The van der Waals surface area contributed by atoms with Crippen LogP contribution in [0.15, 0.2) is 60.0 Å². The number of benzene rings is 2. The van der Waals surface area contributed by atoms with Crippen LogP contribution in [-0.4, -0.2) is 56.6 Å². The summed E-state index contributed by atoms with van der Waals surface area (Å²) in [6, 6.07) is 18.3. The summed E-state index contributed by atoms with van der Waals surface area (Å²) in [6.45, 7) is 5.68. The van der Waals surface area contributed by atoms with Crippen molar-refractivity contribution in [3.05, 3.63) is 71.1 Å². The topological polar surface area (TPSA) is 61.9 Å². The first-order valence-corrected chi connectivity index (χ1v) is 11.5. The molecule has 166 valence electrons. The van der Waals surface area contributed by atoms with Gasteiger partial charge >= 0.3 is 5.97 Å². The number of piperazine rings is 1. The van der Waals surface area contributed by atoms with E-state index >= 15 is 0 Å². The summed E-state index contributed by atoms with van der Waals surface area (Å²) in [5.41, 5.74) is 4.45. The first kappa shape index (κ1) is 22.0. The molecule has 1 saturated heterocycles. The summed E-state index contributed by atoms with van der Waals surface area (Å²) >= 11 is 1.35. The van der Waals surface area contributed by atoms with E-state index in [-0.39, 0.29) is 5.91 Å². The fourth-order valence-electron chi connectivity index (χ4n) is 3.87. The van der Waals surface area contributed by atoms with E-state index in [1.54, 1.807) is 0 Å².